The topological polar surface area (TPSA) is 92.6 Å². The fraction of sp³-hybridized carbons (Fsp3) is 0.143. The first-order chi connectivity index (χ1) is 18.9. The lowest BCUT2D eigenvalue weighted by Gasteiger charge is -2.23. The zero-order valence-electron chi connectivity index (χ0n) is 20.5. The van der Waals surface area contributed by atoms with Crippen molar-refractivity contribution < 1.29 is 28.2 Å². The Morgan fingerprint density at radius 3 is 2.56 bits per heavy atom. The molecule has 1 atom stereocenters. The maximum Gasteiger partial charge on any atom is 0.301 e. The third-order valence-corrected chi connectivity index (χ3v) is 8.06. The van der Waals surface area contributed by atoms with Crippen molar-refractivity contribution in [3.05, 3.63) is 107 Å². The van der Waals surface area contributed by atoms with Crippen LogP contribution in [-0.2, 0) is 15.3 Å². The van der Waals surface area contributed by atoms with E-state index >= 15 is 0 Å². The monoisotopic (exact) mass is 565 g/mol. The van der Waals surface area contributed by atoms with Crippen LogP contribution in [-0.4, -0.2) is 33.6 Å². The predicted molar refractivity (Wildman–Crippen MR) is 145 cm³/mol. The zero-order chi connectivity index (χ0) is 27.5. The Balaban J connectivity index is 1.56. The molecule has 198 valence electrons. The minimum absolute atomic E-state index is 0.137. The number of benzene rings is 3. The van der Waals surface area contributed by atoms with Crippen LogP contribution in [0.1, 0.15) is 29.7 Å². The molecular formula is C28H21F2N3O4S2. The van der Waals surface area contributed by atoms with Crippen LogP contribution in [0, 0.1) is 11.6 Å². The first-order valence-electron chi connectivity index (χ1n) is 11.9. The van der Waals surface area contributed by atoms with Crippen molar-refractivity contribution in [2.45, 2.75) is 23.1 Å². The summed E-state index contributed by atoms with van der Waals surface area (Å²) in [5.41, 5.74) is 1.00. The van der Waals surface area contributed by atoms with E-state index in [2.05, 4.69) is 10.2 Å². The number of halogens is 2. The van der Waals surface area contributed by atoms with Gasteiger partial charge in [0, 0.05) is 11.3 Å². The number of amides is 1. The van der Waals surface area contributed by atoms with E-state index in [1.165, 1.54) is 34.9 Å². The Bertz CT molecular complexity index is 1570. The highest BCUT2D eigenvalue weighted by Crippen LogP contribution is 2.44. The number of rotatable bonds is 8. The van der Waals surface area contributed by atoms with Crippen LogP contribution in [0.5, 0.6) is 5.75 Å². The van der Waals surface area contributed by atoms with Crippen molar-refractivity contribution in [3.63, 3.8) is 0 Å². The minimum Gasteiger partial charge on any atom is -0.507 e. The maximum atomic E-state index is 14.0. The highest BCUT2D eigenvalue weighted by molar-refractivity contribution is 8.00. The van der Waals surface area contributed by atoms with E-state index in [-0.39, 0.29) is 22.1 Å². The van der Waals surface area contributed by atoms with Crippen LogP contribution in [0.25, 0.3) is 5.76 Å². The molecule has 1 N–H and O–H groups in total. The largest absolute Gasteiger partial charge is 0.507 e. The van der Waals surface area contributed by atoms with E-state index in [0.717, 1.165) is 23.5 Å². The maximum absolute atomic E-state index is 14.0. The third-order valence-electron chi connectivity index (χ3n) is 5.96. The van der Waals surface area contributed by atoms with Gasteiger partial charge in [0.1, 0.15) is 23.1 Å². The molecule has 2 heterocycles. The molecule has 1 fully saturated rings. The Hall–Kier alpha value is -4.09. The van der Waals surface area contributed by atoms with Crippen molar-refractivity contribution in [1.82, 2.24) is 10.2 Å². The molecule has 0 spiro atoms. The predicted octanol–water partition coefficient (Wildman–Crippen LogP) is 6.13. The first kappa shape index (κ1) is 26.5. The highest BCUT2D eigenvalue weighted by atomic mass is 32.2. The van der Waals surface area contributed by atoms with E-state index in [4.69, 9.17) is 4.74 Å². The Kier molecular flexibility index (Phi) is 7.71. The Morgan fingerprint density at radius 2 is 1.82 bits per heavy atom. The van der Waals surface area contributed by atoms with E-state index in [9.17, 15) is 23.5 Å². The van der Waals surface area contributed by atoms with Crippen molar-refractivity contribution in [2.24, 2.45) is 0 Å². The van der Waals surface area contributed by atoms with E-state index < -0.39 is 29.3 Å². The summed E-state index contributed by atoms with van der Waals surface area (Å²) < 4.78 is 33.7. The summed E-state index contributed by atoms with van der Waals surface area (Å²) in [6.07, 6.45) is 0. The van der Waals surface area contributed by atoms with Gasteiger partial charge in [-0.05, 0) is 60.5 Å². The molecule has 0 radical (unpaired) electrons. The lowest BCUT2D eigenvalue weighted by Crippen LogP contribution is -2.29. The van der Waals surface area contributed by atoms with Gasteiger partial charge in [-0.25, -0.2) is 8.78 Å². The number of hydrogen-bond donors (Lipinski definition) is 1. The number of thioether (sulfide) groups is 1. The van der Waals surface area contributed by atoms with Crippen LogP contribution >= 0.6 is 23.1 Å². The second kappa shape index (κ2) is 11.3. The van der Waals surface area contributed by atoms with Gasteiger partial charge in [-0.3, -0.25) is 14.5 Å². The third kappa shape index (κ3) is 5.41. The molecule has 1 unspecified atom stereocenters. The van der Waals surface area contributed by atoms with Crippen molar-refractivity contribution in [1.29, 1.82) is 0 Å². The Labute approximate surface area is 230 Å². The van der Waals surface area contributed by atoms with Gasteiger partial charge in [0.2, 0.25) is 5.13 Å². The lowest BCUT2D eigenvalue weighted by atomic mass is 9.95. The molecule has 3 aromatic carbocycles. The molecule has 1 aliphatic rings. The summed E-state index contributed by atoms with van der Waals surface area (Å²) in [6, 6.07) is 17.1. The van der Waals surface area contributed by atoms with Crippen LogP contribution in [0.3, 0.4) is 0 Å². The highest BCUT2D eigenvalue weighted by Gasteiger charge is 2.48. The standard InChI is InChI=1S/C28H21F2N3O4S2/c1-2-37-20-8-5-7-17(14-20)23-22(24(34)16-10-12-19(29)13-11-16)25(35)26(36)33(23)27-31-32-28(39-27)38-15-18-6-3-4-9-21(18)30/h3-14,23,34H,2,15H2,1H3/b24-22+. The number of anilines is 1. The number of Topliss-reactive ketones (excluding diaryl/α,β-unsaturated/α-hetero) is 1. The zero-order valence-corrected chi connectivity index (χ0v) is 22.1. The summed E-state index contributed by atoms with van der Waals surface area (Å²) in [6.45, 7) is 2.23. The number of aliphatic hydroxyl groups is 1. The number of hydrogen-bond acceptors (Lipinski definition) is 8. The van der Waals surface area contributed by atoms with E-state index in [0.29, 0.717) is 33.6 Å². The van der Waals surface area contributed by atoms with Crippen molar-refractivity contribution in [3.8, 4) is 5.75 Å². The quantitative estimate of drug-likeness (QED) is 0.0903. The van der Waals surface area contributed by atoms with Gasteiger partial charge in [0.15, 0.2) is 4.34 Å². The van der Waals surface area contributed by atoms with Crippen LogP contribution in [0.4, 0.5) is 13.9 Å². The van der Waals surface area contributed by atoms with Gasteiger partial charge in [-0.1, -0.05) is 53.4 Å². The van der Waals surface area contributed by atoms with Crippen LogP contribution < -0.4 is 9.64 Å². The number of carbonyl (C=O) groups excluding carboxylic acids is 2. The number of ether oxygens (including phenoxy) is 1. The number of carbonyl (C=O) groups is 2. The van der Waals surface area contributed by atoms with Crippen molar-refractivity contribution >= 4 is 45.7 Å². The second-order valence-electron chi connectivity index (χ2n) is 8.41. The molecule has 0 bridgehead atoms. The molecular weight excluding hydrogens is 544 g/mol. The minimum atomic E-state index is -1.05. The summed E-state index contributed by atoms with van der Waals surface area (Å²) >= 11 is 2.32. The van der Waals surface area contributed by atoms with Crippen molar-refractivity contribution in [2.75, 3.05) is 11.5 Å². The van der Waals surface area contributed by atoms with Crippen LogP contribution in [0.15, 0.2) is 82.7 Å². The van der Waals surface area contributed by atoms with Gasteiger partial charge in [0.05, 0.1) is 18.2 Å². The number of nitrogens with zero attached hydrogens (tertiary/aromatic N) is 3. The molecule has 11 heteroatoms. The summed E-state index contributed by atoms with van der Waals surface area (Å²) in [4.78, 5) is 27.9. The van der Waals surface area contributed by atoms with E-state index in [1.807, 2.05) is 6.92 Å². The summed E-state index contributed by atoms with van der Waals surface area (Å²) in [7, 11) is 0. The molecule has 1 aliphatic heterocycles. The first-order valence-corrected chi connectivity index (χ1v) is 13.7. The van der Waals surface area contributed by atoms with Gasteiger partial charge in [-0.15, -0.1) is 10.2 Å². The summed E-state index contributed by atoms with van der Waals surface area (Å²) in [5.74, 6) is -2.30. The Morgan fingerprint density at radius 1 is 1.05 bits per heavy atom. The fourth-order valence-corrected chi connectivity index (χ4v) is 6.02. The van der Waals surface area contributed by atoms with Gasteiger partial charge in [-0.2, -0.15) is 0 Å². The molecule has 7 nitrogen and oxygen atoms in total. The average Bonchev–Trinajstić information content (AvgIpc) is 3.50. The smallest absolute Gasteiger partial charge is 0.301 e. The molecule has 39 heavy (non-hydrogen) atoms. The van der Waals surface area contributed by atoms with Gasteiger partial charge < -0.3 is 9.84 Å². The molecule has 1 amide bonds. The number of aliphatic hydroxyl groups excluding tert-OH is 1. The molecule has 0 saturated carbocycles. The van der Waals surface area contributed by atoms with E-state index in [1.54, 1.807) is 42.5 Å². The molecule has 1 aromatic heterocycles. The second-order valence-corrected chi connectivity index (χ2v) is 10.6. The fourth-order valence-electron chi connectivity index (χ4n) is 4.16. The van der Waals surface area contributed by atoms with Crippen LogP contribution in [0.2, 0.25) is 0 Å². The average molecular weight is 566 g/mol. The summed E-state index contributed by atoms with van der Waals surface area (Å²) in [5, 5.41) is 19.6. The molecule has 5 rings (SSSR count). The molecule has 1 saturated heterocycles. The normalized spacial score (nSPS) is 16.6. The molecule has 4 aromatic rings. The lowest BCUT2D eigenvalue weighted by molar-refractivity contribution is -0.132. The van der Waals surface area contributed by atoms with Gasteiger partial charge in [0.25, 0.3) is 5.78 Å². The number of ketones is 1. The van der Waals surface area contributed by atoms with Gasteiger partial charge >= 0.3 is 5.91 Å². The molecule has 0 aliphatic carbocycles. The SMILES string of the molecule is CCOc1cccc(C2/C(=C(\O)c3ccc(F)cc3)C(=O)C(=O)N2c2nnc(SCc3ccccc3F)s2)c1. The number of aromatic nitrogens is 2.